The fourth-order valence-corrected chi connectivity index (χ4v) is 4.12. The highest BCUT2D eigenvalue weighted by molar-refractivity contribution is 5.85. The van der Waals surface area contributed by atoms with Gasteiger partial charge in [-0.1, -0.05) is 30.3 Å². The molecule has 0 aliphatic carbocycles. The van der Waals surface area contributed by atoms with Crippen LogP contribution >= 0.6 is 0 Å². The van der Waals surface area contributed by atoms with Crippen molar-refractivity contribution in [3.8, 4) is 0 Å². The third-order valence-electron chi connectivity index (χ3n) is 5.34. The highest BCUT2D eigenvalue weighted by Crippen LogP contribution is 2.47. The summed E-state index contributed by atoms with van der Waals surface area (Å²) in [6.07, 6.45) is -3.47. The lowest BCUT2D eigenvalue weighted by Crippen LogP contribution is -2.65. The maximum Gasteiger partial charge on any atom is 0.337 e. The highest BCUT2D eigenvalue weighted by atomic mass is 16.9. The fourth-order valence-electron chi connectivity index (χ4n) is 4.12. The molecule has 9 nitrogen and oxygen atoms in total. The Bertz CT molecular complexity index is 737. The van der Waals surface area contributed by atoms with Crippen LogP contribution in [0.5, 0.6) is 0 Å². The zero-order chi connectivity index (χ0) is 19.4. The second-order valence-corrected chi connectivity index (χ2v) is 7.71. The number of nitrogens with one attached hydrogen (secondary N) is 1. The molecule has 0 bridgehead atoms. The van der Waals surface area contributed by atoms with E-state index in [9.17, 15) is 4.79 Å². The monoisotopic (exact) mass is 393 g/mol. The van der Waals surface area contributed by atoms with Gasteiger partial charge in [0.2, 0.25) is 5.54 Å². The van der Waals surface area contributed by atoms with Gasteiger partial charge in [-0.3, -0.25) is 4.84 Å². The van der Waals surface area contributed by atoms with Crippen molar-refractivity contribution in [2.24, 2.45) is 0 Å². The van der Waals surface area contributed by atoms with Gasteiger partial charge in [0, 0.05) is 0 Å². The molecule has 152 valence electrons. The number of benzene rings is 1. The Morgan fingerprint density at radius 3 is 2.61 bits per heavy atom. The Labute approximate surface area is 162 Å². The van der Waals surface area contributed by atoms with Crippen molar-refractivity contribution in [3.63, 3.8) is 0 Å². The maximum absolute atomic E-state index is 13.0. The van der Waals surface area contributed by atoms with Crippen LogP contribution < -0.4 is 5.48 Å². The number of hydrogen-bond acceptors (Lipinski definition) is 9. The van der Waals surface area contributed by atoms with Crippen LogP contribution in [0.1, 0.15) is 19.4 Å². The summed E-state index contributed by atoms with van der Waals surface area (Å²) >= 11 is 0. The SMILES string of the molecule is CC1(C)O[C@H]2O[C@H]3[C@H](OC(=O)[C@]3(NOCc3ccccc3)C3OCCO3)[C@H]2O1. The Balaban J connectivity index is 1.38. The van der Waals surface area contributed by atoms with E-state index < -0.39 is 48.2 Å². The largest absolute Gasteiger partial charge is 0.455 e. The molecule has 1 N–H and O–H groups in total. The van der Waals surface area contributed by atoms with E-state index in [2.05, 4.69) is 5.48 Å². The Kier molecular flexibility index (Phi) is 4.44. The smallest absolute Gasteiger partial charge is 0.337 e. The van der Waals surface area contributed by atoms with E-state index in [1.807, 2.05) is 30.3 Å². The van der Waals surface area contributed by atoms with Crippen LogP contribution in [0.4, 0.5) is 0 Å². The van der Waals surface area contributed by atoms with Crippen LogP contribution in [0.3, 0.4) is 0 Å². The summed E-state index contributed by atoms with van der Waals surface area (Å²) in [5.41, 5.74) is 2.32. The topological polar surface area (TPSA) is 93.7 Å². The van der Waals surface area contributed by atoms with E-state index in [0.717, 1.165) is 5.56 Å². The predicted molar refractivity (Wildman–Crippen MR) is 91.4 cm³/mol. The molecule has 1 aromatic carbocycles. The van der Waals surface area contributed by atoms with Crippen molar-refractivity contribution in [3.05, 3.63) is 35.9 Å². The quantitative estimate of drug-likeness (QED) is 0.571. The molecular formula is C19H23NO8. The molecule has 4 heterocycles. The summed E-state index contributed by atoms with van der Waals surface area (Å²) < 4.78 is 34.7. The predicted octanol–water partition coefficient (Wildman–Crippen LogP) is 0.621. The lowest BCUT2D eigenvalue weighted by atomic mass is 9.91. The van der Waals surface area contributed by atoms with Crippen LogP contribution in [-0.2, 0) is 44.7 Å². The molecule has 1 aromatic rings. The number of hydroxylamine groups is 1. The van der Waals surface area contributed by atoms with E-state index in [0.29, 0.717) is 13.2 Å². The molecule has 4 fully saturated rings. The molecule has 0 saturated carbocycles. The van der Waals surface area contributed by atoms with Gasteiger partial charge in [-0.05, 0) is 19.4 Å². The molecule has 5 atom stereocenters. The van der Waals surface area contributed by atoms with E-state index in [1.54, 1.807) is 13.8 Å². The van der Waals surface area contributed by atoms with Crippen molar-refractivity contribution < 1.29 is 38.1 Å². The molecular weight excluding hydrogens is 370 g/mol. The van der Waals surface area contributed by atoms with Gasteiger partial charge in [0.15, 0.2) is 30.6 Å². The van der Waals surface area contributed by atoms with E-state index in [4.69, 9.17) is 33.3 Å². The number of esters is 1. The summed E-state index contributed by atoms with van der Waals surface area (Å²) in [4.78, 5) is 18.7. The number of ether oxygens (including phenoxy) is 6. The summed E-state index contributed by atoms with van der Waals surface area (Å²) in [6, 6.07) is 9.59. The van der Waals surface area contributed by atoms with E-state index in [1.165, 1.54) is 0 Å². The first-order chi connectivity index (χ1) is 13.5. The fraction of sp³-hybridized carbons (Fsp3) is 0.632. The molecule has 0 amide bonds. The number of rotatable bonds is 5. The highest BCUT2D eigenvalue weighted by Gasteiger charge is 2.73. The summed E-state index contributed by atoms with van der Waals surface area (Å²) in [5.74, 6) is -1.37. The van der Waals surface area contributed by atoms with Crippen molar-refractivity contribution in [2.45, 2.75) is 62.7 Å². The molecule has 28 heavy (non-hydrogen) atoms. The summed E-state index contributed by atoms with van der Waals surface area (Å²) in [7, 11) is 0. The van der Waals surface area contributed by atoms with Crippen molar-refractivity contribution in [1.29, 1.82) is 0 Å². The van der Waals surface area contributed by atoms with Crippen molar-refractivity contribution >= 4 is 5.97 Å². The molecule has 0 spiro atoms. The molecule has 4 saturated heterocycles. The molecule has 0 unspecified atom stereocenters. The maximum atomic E-state index is 13.0. The minimum Gasteiger partial charge on any atom is -0.455 e. The Morgan fingerprint density at radius 2 is 1.86 bits per heavy atom. The van der Waals surface area contributed by atoms with Gasteiger partial charge in [-0.15, -0.1) is 0 Å². The van der Waals surface area contributed by atoms with Crippen LogP contribution in [-0.4, -0.2) is 61.4 Å². The second-order valence-electron chi connectivity index (χ2n) is 7.71. The van der Waals surface area contributed by atoms with Crippen LogP contribution in [0.2, 0.25) is 0 Å². The molecule has 0 radical (unpaired) electrons. The third-order valence-corrected chi connectivity index (χ3v) is 5.34. The van der Waals surface area contributed by atoms with E-state index in [-0.39, 0.29) is 6.61 Å². The summed E-state index contributed by atoms with van der Waals surface area (Å²) in [5, 5.41) is 0. The number of carbonyl (C=O) groups excluding carboxylic acids is 1. The Morgan fingerprint density at radius 1 is 1.11 bits per heavy atom. The first kappa shape index (κ1) is 18.4. The van der Waals surface area contributed by atoms with Gasteiger partial charge in [-0.2, -0.15) is 5.48 Å². The average molecular weight is 393 g/mol. The average Bonchev–Trinajstić information content (AvgIpc) is 3.40. The summed E-state index contributed by atoms with van der Waals surface area (Å²) in [6.45, 7) is 4.55. The molecule has 5 rings (SSSR count). The minimum atomic E-state index is -1.48. The lowest BCUT2D eigenvalue weighted by molar-refractivity contribution is -0.236. The molecule has 0 aromatic heterocycles. The van der Waals surface area contributed by atoms with Gasteiger partial charge in [0.25, 0.3) is 0 Å². The van der Waals surface area contributed by atoms with Crippen LogP contribution in [0.15, 0.2) is 30.3 Å². The third kappa shape index (κ3) is 2.86. The lowest BCUT2D eigenvalue weighted by Gasteiger charge is -2.34. The van der Waals surface area contributed by atoms with Crippen LogP contribution in [0.25, 0.3) is 0 Å². The molecule has 4 aliphatic rings. The zero-order valence-corrected chi connectivity index (χ0v) is 15.7. The first-order valence-corrected chi connectivity index (χ1v) is 9.38. The second kappa shape index (κ2) is 6.74. The number of fused-ring (bicyclic) bond motifs is 3. The first-order valence-electron chi connectivity index (χ1n) is 9.38. The number of carbonyl (C=O) groups is 1. The Hall–Kier alpha value is -1.59. The number of hydrogen-bond donors (Lipinski definition) is 1. The van der Waals surface area contributed by atoms with Gasteiger partial charge in [-0.25, -0.2) is 4.79 Å². The minimum absolute atomic E-state index is 0.243. The van der Waals surface area contributed by atoms with Gasteiger partial charge in [0.1, 0.15) is 6.10 Å². The van der Waals surface area contributed by atoms with Crippen LogP contribution in [0, 0.1) is 0 Å². The van der Waals surface area contributed by atoms with Crippen molar-refractivity contribution in [2.75, 3.05) is 13.2 Å². The standard InChI is InChI=1S/C19H23NO8/c1-18(2)27-13-12-14(26-15(13)28-18)19(16(21)25-12,17-22-8-9-23-17)20-24-10-11-6-4-3-5-7-11/h3-7,12-15,17,20H,8-10H2,1-2H3/t12-,13-,14+,15-,19+/m1/s1. The van der Waals surface area contributed by atoms with Gasteiger partial charge in [0.05, 0.1) is 19.8 Å². The van der Waals surface area contributed by atoms with Gasteiger partial charge >= 0.3 is 5.97 Å². The van der Waals surface area contributed by atoms with Crippen molar-refractivity contribution in [1.82, 2.24) is 5.48 Å². The zero-order valence-electron chi connectivity index (χ0n) is 15.7. The van der Waals surface area contributed by atoms with Gasteiger partial charge < -0.3 is 28.4 Å². The normalized spacial score (nSPS) is 39.1. The van der Waals surface area contributed by atoms with E-state index >= 15 is 0 Å². The molecule has 9 heteroatoms. The molecule has 4 aliphatic heterocycles.